The number of nitrogens with zero attached hydrogens (tertiary/aromatic N) is 1. The molecule has 1 aromatic heterocycles. The van der Waals surface area contributed by atoms with Gasteiger partial charge in [0.15, 0.2) is 0 Å². The van der Waals surface area contributed by atoms with E-state index in [1.807, 2.05) is 6.92 Å². The van der Waals surface area contributed by atoms with E-state index in [0.29, 0.717) is 17.3 Å². The highest BCUT2D eigenvalue weighted by atomic mass is 35.5. The molecule has 0 fully saturated rings. The third-order valence-electron chi connectivity index (χ3n) is 2.27. The Morgan fingerprint density at radius 3 is 3.06 bits per heavy atom. The lowest BCUT2D eigenvalue weighted by Crippen LogP contribution is -2.18. The largest absolute Gasteiger partial charge is 0.466 e. The van der Waals surface area contributed by atoms with Crippen LogP contribution >= 0.6 is 11.6 Å². The van der Waals surface area contributed by atoms with Crippen molar-refractivity contribution in [1.82, 2.24) is 4.98 Å². The molecule has 94 valence electrons. The number of halogens is 1. The molecule has 0 radical (unpaired) electrons. The number of aromatic nitrogens is 1. The summed E-state index contributed by atoms with van der Waals surface area (Å²) in [6.07, 6.45) is 3.56. The number of carbonyl (C=O) groups excluding carboxylic acids is 1. The van der Waals surface area contributed by atoms with Crippen molar-refractivity contribution in [3.05, 3.63) is 29.0 Å². The molecule has 0 saturated carbocycles. The van der Waals surface area contributed by atoms with E-state index in [-0.39, 0.29) is 12.4 Å². The SMILES string of the molecule is CCCCOC(=O)CC(N)c1cc(Cl)ccn1. The summed E-state index contributed by atoms with van der Waals surface area (Å²) in [7, 11) is 0. The van der Waals surface area contributed by atoms with Gasteiger partial charge in [0.2, 0.25) is 0 Å². The Bertz CT molecular complexity index is 371. The minimum absolute atomic E-state index is 0.122. The van der Waals surface area contributed by atoms with Crippen LogP contribution in [0.25, 0.3) is 0 Å². The van der Waals surface area contributed by atoms with Crippen molar-refractivity contribution in [1.29, 1.82) is 0 Å². The molecule has 0 amide bonds. The number of esters is 1. The average Bonchev–Trinajstić information content (AvgIpc) is 2.29. The lowest BCUT2D eigenvalue weighted by atomic mass is 10.1. The predicted octanol–water partition coefficient (Wildman–Crippen LogP) is 2.47. The number of hydrogen-bond acceptors (Lipinski definition) is 4. The molecule has 1 atom stereocenters. The third-order valence-corrected chi connectivity index (χ3v) is 2.51. The van der Waals surface area contributed by atoms with Gasteiger partial charge >= 0.3 is 5.97 Å². The molecule has 2 N–H and O–H groups in total. The Morgan fingerprint density at radius 1 is 1.65 bits per heavy atom. The normalized spacial score (nSPS) is 12.2. The zero-order valence-corrected chi connectivity index (χ0v) is 10.6. The first kappa shape index (κ1) is 13.9. The van der Waals surface area contributed by atoms with E-state index in [0.717, 1.165) is 12.8 Å². The minimum atomic E-state index is -0.470. The summed E-state index contributed by atoms with van der Waals surface area (Å²) in [5.41, 5.74) is 6.45. The van der Waals surface area contributed by atoms with E-state index in [1.165, 1.54) is 0 Å². The Labute approximate surface area is 106 Å². The molecule has 0 aliphatic heterocycles. The summed E-state index contributed by atoms with van der Waals surface area (Å²) < 4.78 is 5.03. The van der Waals surface area contributed by atoms with Crippen molar-refractivity contribution in [3.63, 3.8) is 0 Å². The van der Waals surface area contributed by atoms with Gasteiger partial charge in [0.25, 0.3) is 0 Å². The quantitative estimate of drug-likeness (QED) is 0.627. The van der Waals surface area contributed by atoms with Crippen LogP contribution in [0.4, 0.5) is 0 Å². The van der Waals surface area contributed by atoms with Crippen LogP contribution in [0.2, 0.25) is 5.02 Å². The number of hydrogen-bond donors (Lipinski definition) is 1. The molecule has 1 unspecified atom stereocenters. The molecule has 1 heterocycles. The van der Waals surface area contributed by atoms with Gasteiger partial charge in [-0.3, -0.25) is 9.78 Å². The zero-order chi connectivity index (χ0) is 12.7. The molecule has 1 rings (SSSR count). The van der Waals surface area contributed by atoms with Gasteiger partial charge in [-0.15, -0.1) is 0 Å². The van der Waals surface area contributed by atoms with Gasteiger partial charge in [0.05, 0.1) is 24.8 Å². The zero-order valence-electron chi connectivity index (χ0n) is 9.86. The third kappa shape index (κ3) is 5.15. The van der Waals surface area contributed by atoms with E-state index < -0.39 is 6.04 Å². The van der Waals surface area contributed by atoms with Gasteiger partial charge in [-0.2, -0.15) is 0 Å². The standard InChI is InChI=1S/C12H17ClN2O2/c1-2-3-6-17-12(16)8-10(14)11-7-9(13)4-5-15-11/h4-5,7,10H,2-3,6,8,14H2,1H3. The van der Waals surface area contributed by atoms with Crippen LogP contribution in [0, 0.1) is 0 Å². The Balaban J connectivity index is 2.43. The molecule has 1 aromatic rings. The van der Waals surface area contributed by atoms with Gasteiger partial charge < -0.3 is 10.5 Å². The first-order valence-corrected chi connectivity index (χ1v) is 6.04. The highest BCUT2D eigenvalue weighted by Crippen LogP contribution is 2.16. The number of carbonyl (C=O) groups is 1. The number of nitrogens with two attached hydrogens (primary N) is 1. The second-order valence-electron chi connectivity index (χ2n) is 3.78. The van der Waals surface area contributed by atoms with Crippen LogP contribution < -0.4 is 5.73 Å². The number of ether oxygens (including phenoxy) is 1. The fourth-order valence-corrected chi connectivity index (χ4v) is 1.47. The van der Waals surface area contributed by atoms with Crippen molar-refractivity contribution >= 4 is 17.6 Å². The molecule has 4 nitrogen and oxygen atoms in total. The fraction of sp³-hybridized carbons (Fsp3) is 0.500. The van der Waals surface area contributed by atoms with E-state index in [4.69, 9.17) is 22.1 Å². The number of pyridine rings is 1. The molecule has 5 heteroatoms. The average molecular weight is 257 g/mol. The molecular formula is C12H17ClN2O2. The lowest BCUT2D eigenvalue weighted by Gasteiger charge is -2.10. The molecule has 0 aliphatic rings. The smallest absolute Gasteiger partial charge is 0.307 e. The lowest BCUT2D eigenvalue weighted by molar-refractivity contribution is -0.144. The summed E-state index contributed by atoms with van der Waals surface area (Å²) >= 11 is 5.82. The van der Waals surface area contributed by atoms with Gasteiger partial charge in [-0.05, 0) is 18.6 Å². The Kier molecular flexibility index (Phi) is 5.94. The molecule has 0 aliphatic carbocycles. The Morgan fingerprint density at radius 2 is 2.41 bits per heavy atom. The minimum Gasteiger partial charge on any atom is -0.466 e. The molecule has 17 heavy (non-hydrogen) atoms. The van der Waals surface area contributed by atoms with Crippen molar-refractivity contribution in [2.45, 2.75) is 32.2 Å². The molecule has 0 spiro atoms. The van der Waals surface area contributed by atoms with Crippen LogP contribution in [0.3, 0.4) is 0 Å². The van der Waals surface area contributed by atoms with Gasteiger partial charge in [-0.1, -0.05) is 24.9 Å². The van der Waals surface area contributed by atoms with Crippen LogP contribution in [0.1, 0.15) is 37.9 Å². The molecular weight excluding hydrogens is 240 g/mol. The second-order valence-corrected chi connectivity index (χ2v) is 4.22. The maximum Gasteiger partial charge on any atom is 0.307 e. The van der Waals surface area contributed by atoms with Crippen LogP contribution in [-0.2, 0) is 9.53 Å². The van der Waals surface area contributed by atoms with E-state index in [2.05, 4.69) is 4.98 Å². The van der Waals surface area contributed by atoms with Crippen molar-refractivity contribution in [3.8, 4) is 0 Å². The van der Waals surface area contributed by atoms with Gasteiger partial charge in [0.1, 0.15) is 0 Å². The summed E-state index contributed by atoms with van der Waals surface area (Å²) in [5, 5.41) is 0.560. The molecule has 0 saturated heterocycles. The summed E-state index contributed by atoms with van der Waals surface area (Å²) in [6.45, 7) is 2.49. The highest BCUT2D eigenvalue weighted by molar-refractivity contribution is 6.30. The fourth-order valence-electron chi connectivity index (χ4n) is 1.30. The number of rotatable bonds is 6. The van der Waals surface area contributed by atoms with Crippen molar-refractivity contribution < 1.29 is 9.53 Å². The number of unbranched alkanes of at least 4 members (excludes halogenated alkanes) is 1. The van der Waals surface area contributed by atoms with Crippen LogP contribution in [0.15, 0.2) is 18.3 Å². The summed E-state index contributed by atoms with van der Waals surface area (Å²) in [5.74, 6) is -0.298. The maximum atomic E-state index is 11.4. The van der Waals surface area contributed by atoms with Crippen molar-refractivity contribution in [2.75, 3.05) is 6.61 Å². The maximum absolute atomic E-state index is 11.4. The first-order chi connectivity index (χ1) is 8.13. The molecule has 0 bridgehead atoms. The predicted molar refractivity (Wildman–Crippen MR) is 66.7 cm³/mol. The van der Waals surface area contributed by atoms with E-state index in [9.17, 15) is 4.79 Å². The first-order valence-electron chi connectivity index (χ1n) is 5.66. The second kappa shape index (κ2) is 7.25. The van der Waals surface area contributed by atoms with Crippen LogP contribution in [-0.4, -0.2) is 17.6 Å². The van der Waals surface area contributed by atoms with Crippen molar-refractivity contribution in [2.24, 2.45) is 5.73 Å². The topological polar surface area (TPSA) is 65.2 Å². The summed E-state index contributed by atoms with van der Waals surface area (Å²) in [4.78, 5) is 15.5. The highest BCUT2D eigenvalue weighted by Gasteiger charge is 2.14. The Hall–Kier alpha value is -1.13. The monoisotopic (exact) mass is 256 g/mol. The van der Waals surface area contributed by atoms with E-state index in [1.54, 1.807) is 18.3 Å². The van der Waals surface area contributed by atoms with E-state index >= 15 is 0 Å². The summed E-state index contributed by atoms with van der Waals surface area (Å²) in [6, 6.07) is 2.85. The molecule has 0 aromatic carbocycles. The van der Waals surface area contributed by atoms with Gasteiger partial charge in [0, 0.05) is 11.2 Å². The van der Waals surface area contributed by atoms with Crippen LogP contribution in [0.5, 0.6) is 0 Å². The van der Waals surface area contributed by atoms with Gasteiger partial charge in [-0.25, -0.2) is 0 Å².